The summed E-state index contributed by atoms with van der Waals surface area (Å²) in [6.45, 7) is 0. The number of halogens is 1. The zero-order chi connectivity index (χ0) is 14.7. The summed E-state index contributed by atoms with van der Waals surface area (Å²) < 4.78 is 6.17. The quantitative estimate of drug-likeness (QED) is 0.551. The standard InChI is InChI=1S/C14H10BrN3O2S/c15-10-5-3-9(4-6-10)11(19)8-21-14-16-13(17-18-14)12-2-1-7-20-12/h1-7H,8H2,(H,16,17,18). The third-order valence-corrected chi connectivity index (χ3v) is 4.09. The minimum absolute atomic E-state index is 0.0387. The van der Waals surface area contributed by atoms with Crippen LogP contribution in [0.2, 0.25) is 0 Å². The fourth-order valence-electron chi connectivity index (χ4n) is 1.68. The van der Waals surface area contributed by atoms with E-state index in [0.717, 1.165) is 4.47 Å². The van der Waals surface area contributed by atoms with Gasteiger partial charge in [-0.25, -0.2) is 0 Å². The van der Waals surface area contributed by atoms with Crippen molar-refractivity contribution in [1.29, 1.82) is 0 Å². The first-order chi connectivity index (χ1) is 10.2. The molecule has 7 heteroatoms. The maximum Gasteiger partial charge on any atom is 0.209 e. The summed E-state index contributed by atoms with van der Waals surface area (Å²) in [6.07, 6.45) is 1.57. The van der Waals surface area contributed by atoms with Crippen molar-refractivity contribution < 1.29 is 9.21 Å². The van der Waals surface area contributed by atoms with Gasteiger partial charge in [-0.2, -0.15) is 4.98 Å². The normalized spacial score (nSPS) is 10.7. The first-order valence-corrected chi connectivity index (χ1v) is 7.88. The number of ketones is 1. The smallest absolute Gasteiger partial charge is 0.209 e. The Labute approximate surface area is 133 Å². The van der Waals surface area contributed by atoms with Crippen molar-refractivity contribution in [3.63, 3.8) is 0 Å². The third-order valence-electron chi connectivity index (χ3n) is 2.72. The number of aromatic amines is 1. The molecule has 0 unspecified atom stereocenters. The number of nitrogens with zero attached hydrogens (tertiary/aromatic N) is 2. The van der Waals surface area contributed by atoms with Crippen molar-refractivity contribution in [3.8, 4) is 11.6 Å². The zero-order valence-electron chi connectivity index (χ0n) is 10.7. The minimum Gasteiger partial charge on any atom is -0.461 e. The van der Waals surface area contributed by atoms with Gasteiger partial charge in [0.1, 0.15) is 0 Å². The number of H-pyrrole nitrogens is 1. The molecule has 0 aliphatic carbocycles. The number of rotatable bonds is 5. The van der Waals surface area contributed by atoms with Gasteiger partial charge < -0.3 is 4.42 Å². The molecule has 0 spiro atoms. The number of carbonyl (C=O) groups is 1. The molecule has 0 aliphatic rings. The van der Waals surface area contributed by atoms with E-state index in [0.29, 0.717) is 22.3 Å². The van der Waals surface area contributed by atoms with Gasteiger partial charge in [0.2, 0.25) is 5.16 Å². The van der Waals surface area contributed by atoms with Gasteiger partial charge in [-0.3, -0.25) is 9.89 Å². The van der Waals surface area contributed by atoms with E-state index in [9.17, 15) is 4.79 Å². The molecule has 0 saturated heterocycles. The molecule has 0 bridgehead atoms. The summed E-state index contributed by atoms with van der Waals surface area (Å²) in [5, 5.41) is 7.37. The highest BCUT2D eigenvalue weighted by Gasteiger charge is 2.11. The Morgan fingerprint density at radius 2 is 2.10 bits per heavy atom. The molecule has 5 nitrogen and oxygen atoms in total. The van der Waals surface area contributed by atoms with E-state index in [1.54, 1.807) is 30.5 Å². The van der Waals surface area contributed by atoms with Crippen molar-refractivity contribution in [2.45, 2.75) is 5.16 Å². The van der Waals surface area contributed by atoms with E-state index in [-0.39, 0.29) is 11.5 Å². The molecule has 1 aromatic carbocycles. The second-order valence-corrected chi connectivity index (χ2v) is 6.02. The predicted octanol–water partition coefficient (Wildman–Crippen LogP) is 3.80. The molecule has 0 radical (unpaired) electrons. The molecule has 21 heavy (non-hydrogen) atoms. The zero-order valence-corrected chi connectivity index (χ0v) is 13.1. The Kier molecular flexibility index (Phi) is 4.21. The molecule has 0 saturated carbocycles. The van der Waals surface area contributed by atoms with Crippen LogP contribution in [0.25, 0.3) is 11.6 Å². The molecule has 1 N–H and O–H groups in total. The molecule has 0 aliphatic heterocycles. The number of benzene rings is 1. The van der Waals surface area contributed by atoms with Crippen LogP contribution in [0.5, 0.6) is 0 Å². The monoisotopic (exact) mass is 363 g/mol. The maximum absolute atomic E-state index is 12.0. The molecular formula is C14H10BrN3O2S. The molecular weight excluding hydrogens is 354 g/mol. The van der Waals surface area contributed by atoms with E-state index in [1.807, 2.05) is 12.1 Å². The lowest BCUT2D eigenvalue weighted by Crippen LogP contribution is -2.02. The van der Waals surface area contributed by atoms with E-state index in [1.165, 1.54) is 11.8 Å². The van der Waals surface area contributed by atoms with E-state index in [4.69, 9.17) is 4.42 Å². The van der Waals surface area contributed by atoms with Crippen LogP contribution >= 0.6 is 27.7 Å². The van der Waals surface area contributed by atoms with Crippen LogP contribution in [0, 0.1) is 0 Å². The Morgan fingerprint density at radius 3 is 2.81 bits per heavy atom. The van der Waals surface area contributed by atoms with Crippen LogP contribution in [-0.4, -0.2) is 26.7 Å². The largest absolute Gasteiger partial charge is 0.461 e. The van der Waals surface area contributed by atoms with Crippen molar-refractivity contribution in [3.05, 3.63) is 52.7 Å². The first-order valence-electron chi connectivity index (χ1n) is 6.10. The maximum atomic E-state index is 12.0. The highest BCUT2D eigenvalue weighted by atomic mass is 79.9. The van der Waals surface area contributed by atoms with Crippen LogP contribution in [-0.2, 0) is 0 Å². The number of hydrogen-bond acceptors (Lipinski definition) is 5. The van der Waals surface area contributed by atoms with Gasteiger partial charge in [-0.15, -0.1) is 5.10 Å². The molecule has 0 fully saturated rings. The number of thioether (sulfide) groups is 1. The lowest BCUT2D eigenvalue weighted by atomic mass is 10.2. The first kappa shape index (κ1) is 14.1. The molecule has 0 amide bonds. The average Bonchev–Trinajstić information content (AvgIpc) is 3.16. The Hall–Kier alpha value is -1.86. The minimum atomic E-state index is 0.0387. The molecule has 2 heterocycles. The fourth-order valence-corrected chi connectivity index (χ4v) is 2.64. The Bertz CT molecular complexity index is 738. The molecule has 3 rings (SSSR count). The van der Waals surface area contributed by atoms with Gasteiger partial charge in [0, 0.05) is 10.0 Å². The second-order valence-electron chi connectivity index (χ2n) is 4.16. The van der Waals surface area contributed by atoms with Gasteiger partial charge in [0.05, 0.1) is 12.0 Å². The molecule has 2 aromatic heterocycles. The van der Waals surface area contributed by atoms with E-state index < -0.39 is 0 Å². The van der Waals surface area contributed by atoms with Crippen molar-refractivity contribution in [2.24, 2.45) is 0 Å². The Morgan fingerprint density at radius 1 is 1.29 bits per heavy atom. The van der Waals surface area contributed by atoms with Crippen LogP contribution < -0.4 is 0 Å². The van der Waals surface area contributed by atoms with Crippen LogP contribution in [0.4, 0.5) is 0 Å². The van der Waals surface area contributed by atoms with Crippen LogP contribution in [0.1, 0.15) is 10.4 Å². The topological polar surface area (TPSA) is 71.8 Å². The number of nitrogens with one attached hydrogen (secondary N) is 1. The van der Waals surface area contributed by atoms with E-state index in [2.05, 4.69) is 31.1 Å². The van der Waals surface area contributed by atoms with Gasteiger partial charge in [0.25, 0.3) is 0 Å². The number of aromatic nitrogens is 3. The molecule has 3 aromatic rings. The van der Waals surface area contributed by atoms with Crippen molar-refractivity contribution in [2.75, 3.05) is 5.75 Å². The van der Waals surface area contributed by atoms with Gasteiger partial charge in [-0.1, -0.05) is 39.8 Å². The SMILES string of the molecule is O=C(CSc1n[nH]c(-c2ccco2)n1)c1ccc(Br)cc1. The average molecular weight is 364 g/mol. The molecule has 0 atom stereocenters. The summed E-state index contributed by atoms with van der Waals surface area (Å²) >= 11 is 4.63. The summed E-state index contributed by atoms with van der Waals surface area (Å²) in [4.78, 5) is 16.3. The summed E-state index contributed by atoms with van der Waals surface area (Å²) in [6, 6.07) is 10.8. The third kappa shape index (κ3) is 3.43. The second kappa shape index (κ2) is 6.28. The lowest BCUT2D eigenvalue weighted by Gasteiger charge is -1.99. The van der Waals surface area contributed by atoms with Crippen molar-refractivity contribution >= 4 is 33.5 Å². The lowest BCUT2D eigenvalue weighted by molar-refractivity contribution is 0.102. The number of furan rings is 1. The molecule has 106 valence electrons. The summed E-state index contributed by atoms with van der Waals surface area (Å²) in [5.41, 5.74) is 0.674. The van der Waals surface area contributed by atoms with Gasteiger partial charge in [-0.05, 0) is 24.3 Å². The van der Waals surface area contributed by atoms with Crippen LogP contribution in [0.15, 0.2) is 56.7 Å². The van der Waals surface area contributed by atoms with Crippen molar-refractivity contribution in [1.82, 2.24) is 15.2 Å². The van der Waals surface area contributed by atoms with E-state index >= 15 is 0 Å². The predicted molar refractivity (Wildman–Crippen MR) is 83.3 cm³/mol. The van der Waals surface area contributed by atoms with Gasteiger partial charge in [0.15, 0.2) is 17.4 Å². The highest BCUT2D eigenvalue weighted by molar-refractivity contribution is 9.10. The summed E-state index contributed by atoms with van der Waals surface area (Å²) in [5.74, 6) is 1.50. The summed E-state index contributed by atoms with van der Waals surface area (Å²) in [7, 11) is 0. The van der Waals surface area contributed by atoms with Gasteiger partial charge >= 0.3 is 0 Å². The number of Topliss-reactive ketones (excluding diaryl/α,β-unsaturated/α-hetero) is 1. The van der Waals surface area contributed by atoms with Crippen LogP contribution in [0.3, 0.4) is 0 Å². The highest BCUT2D eigenvalue weighted by Crippen LogP contribution is 2.20. The Balaban J connectivity index is 1.62. The number of hydrogen-bond donors (Lipinski definition) is 1. The number of carbonyl (C=O) groups excluding carboxylic acids is 1. The fraction of sp³-hybridized carbons (Fsp3) is 0.0714.